The van der Waals surface area contributed by atoms with Crippen LogP contribution in [0.25, 0.3) is 116 Å². The van der Waals surface area contributed by atoms with Crippen LogP contribution in [0.15, 0.2) is 194 Å². The van der Waals surface area contributed by atoms with Crippen molar-refractivity contribution in [3.63, 3.8) is 0 Å². The smallest absolute Gasteiger partial charge is 0.313 e. The Morgan fingerprint density at radius 1 is 0.431 bits per heavy atom. The molecular weight excluding hydrogens is 898 g/mol. The van der Waals surface area contributed by atoms with Crippen LogP contribution in [-0.4, -0.2) is 18.3 Å². The van der Waals surface area contributed by atoms with E-state index in [2.05, 4.69) is 118 Å². The zero-order valence-corrected chi connectivity index (χ0v) is 38.3. The molecule has 0 aliphatic heterocycles. The molecule has 0 saturated heterocycles. The van der Waals surface area contributed by atoms with Crippen molar-refractivity contribution in [3.8, 4) is 46.0 Å². The van der Waals surface area contributed by atoms with Gasteiger partial charge in [-0.3, -0.25) is 0 Å². The van der Waals surface area contributed by atoms with E-state index in [4.69, 9.17) is 0 Å². The van der Waals surface area contributed by atoms with Gasteiger partial charge in [-0.1, -0.05) is 109 Å². The van der Waals surface area contributed by atoms with Crippen molar-refractivity contribution in [3.05, 3.63) is 222 Å². The van der Waals surface area contributed by atoms with E-state index in [1.165, 1.54) is 28.8 Å². The van der Waals surface area contributed by atoms with Gasteiger partial charge < -0.3 is 18.3 Å². The van der Waals surface area contributed by atoms with Crippen molar-refractivity contribution < 1.29 is 13.2 Å². The Morgan fingerprint density at radius 3 is 1.40 bits per heavy atom. The van der Waals surface area contributed by atoms with Crippen molar-refractivity contribution >= 4 is 82.4 Å². The summed E-state index contributed by atoms with van der Waals surface area (Å²) in [6, 6.07) is 65.2. The number of benzene rings is 9. The number of halogens is 3. The average molecular weight is 935 g/mol. The predicted octanol–water partition coefficient (Wildman–Crippen LogP) is 16.3. The minimum atomic E-state index is -4.80. The lowest BCUT2D eigenvalue weighted by atomic mass is 9.92. The third kappa shape index (κ3) is 5.89. The van der Waals surface area contributed by atoms with Gasteiger partial charge in [0.2, 0.25) is 0 Å². The summed E-state index contributed by atoms with van der Waals surface area (Å²) in [6.07, 6.45) is 1.46. The molecule has 4 heterocycles. The highest BCUT2D eigenvalue weighted by atomic mass is 19.4. The third-order valence-electron chi connectivity index (χ3n) is 14.7. The monoisotopic (exact) mass is 934 g/mol. The molecule has 6 nitrogen and oxygen atoms in total. The van der Waals surface area contributed by atoms with E-state index < -0.39 is 11.7 Å². The van der Waals surface area contributed by atoms with E-state index >= 15 is 13.2 Å². The van der Waals surface area contributed by atoms with Crippen LogP contribution in [-0.2, 0) is 12.6 Å². The molecule has 0 saturated carbocycles. The van der Waals surface area contributed by atoms with Gasteiger partial charge in [0.05, 0.1) is 67.2 Å². The zero-order chi connectivity index (χ0) is 48.4. The molecule has 0 spiro atoms. The highest BCUT2D eigenvalue weighted by molar-refractivity contribution is 6.14. The molecule has 0 bridgehead atoms. The molecule has 0 amide bonds. The zero-order valence-electron chi connectivity index (χ0n) is 38.3. The maximum absolute atomic E-state index is 15.3. The minimum Gasteiger partial charge on any atom is -0.313 e. The second kappa shape index (κ2) is 15.5. The fraction of sp³-hybridized carbons (Fsp3) is 0.0476. The number of hydrogen-bond donors (Lipinski definition) is 0. The Labute approximate surface area is 409 Å². The van der Waals surface area contributed by atoms with E-state index in [9.17, 15) is 10.5 Å². The summed E-state index contributed by atoms with van der Waals surface area (Å²) < 4.78 is 54.5. The number of aromatic nitrogens is 4. The van der Waals surface area contributed by atoms with Crippen molar-refractivity contribution in [1.29, 1.82) is 10.5 Å². The second-order valence-corrected chi connectivity index (χ2v) is 18.5. The normalized spacial score (nSPS) is 12.7. The first-order valence-corrected chi connectivity index (χ1v) is 23.8. The van der Waals surface area contributed by atoms with Gasteiger partial charge in [0, 0.05) is 65.9 Å². The molecule has 0 N–H and O–H groups in total. The van der Waals surface area contributed by atoms with Gasteiger partial charge in [0.1, 0.15) is 11.6 Å². The number of hydrogen-bond acceptors (Lipinski definition) is 2. The first-order valence-electron chi connectivity index (χ1n) is 23.8. The van der Waals surface area contributed by atoms with Gasteiger partial charge in [0.15, 0.2) is 0 Å². The van der Waals surface area contributed by atoms with Crippen LogP contribution in [0, 0.1) is 22.7 Å². The van der Waals surface area contributed by atoms with Crippen LogP contribution >= 0.6 is 0 Å². The lowest BCUT2D eigenvalue weighted by Gasteiger charge is -2.20. The van der Waals surface area contributed by atoms with Crippen molar-refractivity contribution in [2.75, 3.05) is 0 Å². The molecule has 4 aromatic heterocycles. The summed E-state index contributed by atoms with van der Waals surface area (Å²) in [7, 11) is 0. The molecule has 0 fully saturated rings. The number of para-hydroxylation sites is 5. The van der Waals surface area contributed by atoms with Gasteiger partial charge in [-0.2, -0.15) is 23.7 Å². The Kier molecular flexibility index (Phi) is 8.90. The summed E-state index contributed by atoms with van der Waals surface area (Å²) >= 11 is 0. The van der Waals surface area contributed by atoms with Gasteiger partial charge in [-0.05, 0) is 109 Å². The third-order valence-corrected chi connectivity index (χ3v) is 14.7. The van der Waals surface area contributed by atoms with E-state index in [1.54, 1.807) is 12.1 Å². The number of rotatable bonds is 5. The van der Waals surface area contributed by atoms with Gasteiger partial charge in [0.25, 0.3) is 0 Å². The molecular formula is C63H37F3N6. The number of nitrogens with zero attached hydrogens (tertiary/aromatic N) is 6. The van der Waals surface area contributed by atoms with Gasteiger partial charge in [-0.25, -0.2) is 0 Å². The van der Waals surface area contributed by atoms with Crippen LogP contribution in [0.1, 0.15) is 34.4 Å². The number of nitriles is 2. The quantitative estimate of drug-likeness (QED) is 0.173. The average Bonchev–Trinajstić information content (AvgIpc) is 4.14. The molecule has 72 heavy (non-hydrogen) atoms. The fourth-order valence-corrected chi connectivity index (χ4v) is 11.8. The molecule has 9 aromatic carbocycles. The lowest BCUT2D eigenvalue weighted by molar-refractivity contribution is -0.137. The maximum Gasteiger partial charge on any atom is 0.417 e. The highest BCUT2D eigenvalue weighted by Crippen LogP contribution is 2.46. The van der Waals surface area contributed by atoms with Gasteiger partial charge >= 0.3 is 6.18 Å². The molecule has 340 valence electrons. The molecule has 1 aliphatic carbocycles. The van der Waals surface area contributed by atoms with E-state index in [1.807, 2.05) is 81.9 Å². The largest absolute Gasteiger partial charge is 0.417 e. The molecule has 0 atom stereocenters. The lowest BCUT2D eigenvalue weighted by Crippen LogP contribution is -2.10. The fourth-order valence-electron chi connectivity index (χ4n) is 11.8. The SMILES string of the molecule is N#Cc1cccc(C(F)(F)F)c1-c1cc(-n2c3ccccc3c3cc(-n4c5c(c6ccccc64)C=CCC5)ccc32)c(C#N)c(-n2c3ccccc3c3cc(-n4c5ccccc5c5ccccc54)ccc32)c1. The second-order valence-electron chi connectivity index (χ2n) is 18.5. The summed E-state index contributed by atoms with van der Waals surface area (Å²) in [5.41, 5.74) is 10.5. The first kappa shape index (κ1) is 41.4. The topological polar surface area (TPSA) is 67.3 Å². The molecule has 13 aromatic rings. The van der Waals surface area contributed by atoms with Crippen LogP contribution in [0.3, 0.4) is 0 Å². The van der Waals surface area contributed by atoms with E-state index in [-0.39, 0.29) is 22.3 Å². The first-order chi connectivity index (χ1) is 35.3. The molecule has 1 aliphatic rings. The van der Waals surface area contributed by atoms with Crippen LogP contribution < -0.4 is 0 Å². The number of allylic oxidation sites excluding steroid dienone is 1. The summed E-state index contributed by atoms with van der Waals surface area (Å²) in [6.45, 7) is 0. The van der Waals surface area contributed by atoms with Crippen LogP contribution in [0.4, 0.5) is 13.2 Å². The van der Waals surface area contributed by atoms with Crippen LogP contribution in [0.5, 0.6) is 0 Å². The summed E-state index contributed by atoms with van der Waals surface area (Å²) in [5.74, 6) is 0. The molecule has 0 unspecified atom stereocenters. The standard InChI is InChI=1S/C63H37F3N6/c64-63(65,66)51-21-13-14-38(36-67)62(51)39-32-60(71-56-26-11-5-19-46(56)48-34-40(28-30-58(48)71)69-52-22-7-1-15-42(52)43-16-2-8-23-53(43)69)50(37-68)61(33-39)72-57-27-12-6-20-47(57)49-35-41(29-31-59(49)72)70-54-24-9-3-17-44(54)45-18-4-10-25-55(45)70/h1-9,11-24,26-35H,10,25H2. The Balaban J connectivity index is 1.07. The van der Waals surface area contributed by atoms with Crippen molar-refractivity contribution in [2.24, 2.45) is 0 Å². The Hall–Kier alpha value is -9.57. The van der Waals surface area contributed by atoms with E-state index in [0.717, 1.165) is 101 Å². The summed E-state index contributed by atoms with van der Waals surface area (Å²) in [5, 5.41) is 29.3. The molecule has 0 radical (unpaired) electrons. The number of fused-ring (bicyclic) bond motifs is 12. The Morgan fingerprint density at radius 2 is 0.889 bits per heavy atom. The molecule has 9 heteroatoms. The highest BCUT2D eigenvalue weighted by Gasteiger charge is 2.36. The number of alkyl halides is 3. The maximum atomic E-state index is 15.3. The molecule has 14 rings (SSSR count). The van der Waals surface area contributed by atoms with Crippen molar-refractivity contribution in [1.82, 2.24) is 18.3 Å². The summed E-state index contributed by atoms with van der Waals surface area (Å²) in [4.78, 5) is 0. The van der Waals surface area contributed by atoms with E-state index in [0.29, 0.717) is 11.4 Å². The van der Waals surface area contributed by atoms with Crippen LogP contribution in [0.2, 0.25) is 0 Å². The van der Waals surface area contributed by atoms with Gasteiger partial charge in [-0.15, -0.1) is 0 Å². The van der Waals surface area contributed by atoms with Crippen molar-refractivity contribution in [2.45, 2.75) is 19.0 Å². The predicted molar refractivity (Wildman–Crippen MR) is 284 cm³/mol. The Bertz CT molecular complexity index is 4540. The minimum absolute atomic E-state index is 0.131.